The monoisotopic (exact) mass is 263 g/mol. The van der Waals surface area contributed by atoms with E-state index < -0.39 is 12.1 Å². The second-order valence-electron chi connectivity index (χ2n) is 5.07. The Labute approximate surface area is 114 Å². The van der Waals surface area contributed by atoms with E-state index in [0.717, 1.165) is 19.5 Å². The Kier molecular flexibility index (Phi) is 4.56. The van der Waals surface area contributed by atoms with Crippen molar-refractivity contribution in [3.05, 3.63) is 35.4 Å². The van der Waals surface area contributed by atoms with Crippen LogP contribution in [-0.2, 0) is 9.53 Å². The van der Waals surface area contributed by atoms with Gasteiger partial charge in [0.15, 0.2) is 6.10 Å². The third-order valence-corrected chi connectivity index (χ3v) is 3.60. The fourth-order valence-electron chi connectivity index (χ4n) is 2.55. The van der Waals surface area contributed by atoms with Gasteiger partial charge in [0.05, 0.1) is 6.61 Å². The van der Waals surface area contributed by atoms with Crippen LogP contribution in [0.5, 0.6) is 0 Å². The standard InChI is InChI=1S/C15H21NO3/c1-3-19-15(18)14(17)12-6-4-5-11(9-12)13-7-8-16(2)10-13/h4-6,9,13-14,17H,3,7-8,10H2,1-2H3. The van der Waals surface area contributed by atoms with Gasteiger partial charge in [-0.2, -0.15) is 0 Å². The van der Waals surface area contributed by atoms with Crippen molar-refractivity contribution in [1.82, 2.24) is 4.90 Å². The highest BCUT2D eigenvalue weighted by atomic mass is 16.5. The number of hydrogen-bond donors (Lipinski definition) is 1. The summed E-state index contributed by atoms with van der Waals surface area (Å²) in [6.45, 7) is 4.13. The van der Waals surface area contributed by atoms with Gasteiger partial charge in [-0.05, 0) is 44.0 Å². The molecule has 4 nitrogen and oxygen atoms in total. The van der Waals surface area contributed by atoms with E-state index in [4.69, 9.17) is 4.74 Å². The molecule has 1 fully saturated rings. The van der Waals surface area contributed by atoms with Crippen LogP contribution in [0.4, 0.5) is 0 Å². The molecule has 2 atom stereocenters. The Bertz CT molecular complexity index is 447. The molecular weight excluding hydrogens is 242 g/mol. The number of aliphatic hydroxyl groups excluding tert-OH is 1. The van der Waals surface area contributed by atoms with E-state index in [2.05, 4.69) is 18.0 Å². The third-order valence-electron chi connectivity index (χ3n) is 3.60. The second kappa shape index (κ2) is 6.17. The third kappa shape index (κ3) is 3.33. The van der Waals surface area contributed by atoms with Gasteiger partial charge in [-0.15, -0.1) is 0 Å². The maximum atomic E-state index is 11.5. The van der Waals surface area contributed by atoms with Crippen LogP contribution < -0.4 is 0 Å². The van der Waals surface area contributed by atoms with Crippen LogP contribution in [0.2, 0.25) is 0 Å². The molecule has 1 saturated heterocycles. The van der Waals surface area contributed by atoms with Crippen molar-refractivity contribution in [2.45, 2.75) is 25.4 Å². The number of aliphatic hydroxyl groups is 1. The van der Waals surface area contributed by atoms with E-state index in [1.54, 1.807) is 13.0 Å². The molecule has 0 radical (unpaired) electrons. The summed E-state index contributed by atoms with van der Waals surface area (Å²) in [5, 5.41) is 9.95. The maximum Gasteiger partial charge on any atom is 0.339 e. The van der Waals surface area contributed by atoms with Crippen LogP contribution in [0.15, 0.2) is 24.3 Å². The van der Waals surface area contributed by atoms with E-state index >= 15 is 0 Å². The predicted octanol–water partition coefficient (Wildman–Crippen LogP) is 1.70. The zero-order valence-electron chi connectivity index (χ0n) is 11.5. The minimum atomic E-state index is -1.18. The predicted molar refractivity (Wildman–Crippen MR) is 72.9 cm³/mol. The van der Waals surface area contributed by atoms with Crippen molar-refractivity contribution in [2.75, 3.05) is 26.7 Å². The number of esters is 1. The normalized spacial score (nSPS) is 21.3. The van der Waals surface area contributed by atoms with Gasteiger partial charge in [-0.25, -0.2) is 4.79 Å². The number of benzene rings is 1. The van der Waals surface area contributed by atoms with Gasteiger partial charge in [0.25, 0.3) is 0 Å². The molecule has 1 heterocycles. The lowest BCUT2D eigenvalue weighted by Gasteiger charge is -2.14. The van der Waals surface area contributed by atoms with Crippen LogP contribution in [0.3, 0.4) is 0 Å². The minimum Gasteiger partial charge on any atom is -0.464 e. The summed E-state index contributed by atoms with van der Waals surface area (Å²) in [7, 11) is 2.11. The fraction of sp³-hybridized carbons (Fsp3) is 0.533. The summed E-state index contributed by atoms with van der Waals surface area (Å²) < 4.78 is 4.84. The lowest BCUT2D eigenvalue weighted by molar-refractivity contribution is -0.153. The number of carbonyl (C=O) groups is 1. The van der Waals surface area contributed by atoms with E-state index in [9.17, 15) is 9.90 Å². The largest absolute Gasteiger partial charge is 0.464 e. The van der Waals surface area contributed by atoms with Crippen molar-refractivity contribution in [3.8, 4) is 0 Å². The number of likely N-dealkylation sites (tertiary alicyclic amines) is 1. The highest BCUT2D eigenvalue weighted by Gasteiger charge is 2.23. The molecule has 0 saturated carbocycles. The van der Waals surface area contributed by atoms with Gasteiger partial charge >= 0.3 is 5.97 Å². The molecular formula is C15H21NO3. The zero-order chi connectivity index (χ0) is 13.8. The van der Waals surface area contributed by atoms with Crippen molar-refractivity contribution in [3.63, 3.8) is 0 Å². The van der Waals surface area contributed by atoms with E-state index in [1.165, 1.54) is 5.56 Å². The van der Waals surface area contributed by atoms with Crippen molar-refractivity contribution in [1.29, 1.82) is 0 Å². The maximum absolute atomic E-state index is 11.5. The number of rotatable bonds is 4. The SMILES string of the molecule is CCOC(=O)C(O)c1cccc(C2CCN(C)C2)c1. The lowest BCUT2D eigenvalue weighted by Crippen LogP contribution is -2.16. The molecule has 0 spiro atoms. The molecule has 1 aromatic carbocycles. The molecule has 1 N–H and O–H groups in total. The fourth-order valence-corrected chi connectivity index (χ4v) is 2.55. The molecule has 4 heteroatoms. The van der Waals surface area contributed by atoms with Gasteiger partial charge in [0, 0.05) is 6.54 Å². The summed E-state index contributed by atoms with van der Waals surface area (Å²) in [6.07, 6.45) is -0.0610. The Morgan fingerprint density at radius 3 is 3.00 bits per heavy atom. The Morgan fingerprint density at radius 1 is 1.58 bits per heavy atom. The number of likely N-dealkylation sites (N-methyl/N-ethyl adjacent to an activating group) is 1. The minimum absolute atomic E-state index is 0.281. The Hall–Kier alpha value is -1.39. The molecule has 2 rings (SSSR count). The number of nitrogens with zero attached hydrogens (tertiary/aromatic N) is 1. The average Bonchev–Trinajstić information content (AvgIpc) is 2.85. The molecule has 1 aliphatic rings. The van der Waals surface area contributed by atoms with E-state index in [-0.39, 0.29) is 6.61 Å². The zero-order valence-corrected chi connectivity index (χ0v) is 11.5. The molecule has 1 aromatic rings. The first-order valence-electron chi connectivity index (χ1n) is 6.75. The molecule has 2 unspecified atom stereocenters. The topological polar surface area (TPSA) is 49.8 Å². The highest BCUT2D eigenvalue weighted by Crippen LogP contribution is 2.28. The number of hydrogen-bond acceptors (Lipinski definition) is 4. The summed E-state index contributed by atoms with van der Waals surface area (Å²) in [5.41, 5.74) is 1.80. The number of ether oxygens (including phenoxy) is 1. The Morgan fingerprint density at radius 2 is 2.37 bits per heavy atom. The van der Waals surface area contributed by atoms with Crippen LogP contribution in [0, 0.1) is 0 Å². The van der Waals surface area contributed by atoms with Crippen LogP contribution >= 0.6 is 0 Å². The first kappa shape index (κ1) is 14.0. The molecule has 1 aliphatic heterocycles. The average molecular weight is 263 g/mol. The van der Waals surface area contributed by atoms with Crippen LogP contribution in [-0.4, -0.2) is 42.7 Å². The second-order valence-corrected chi connectivity index (χ2v) is 5.07. The summed E-state index contributed by atoms with van der Waals surface area (Å²) in [4.78, 5) is 13.8. The molecule has 0 bridgehead atoms. The van der Waals surface area contributed by atoms with Gasteiger partial charge in [-0.1, -0.05) is 24.3 Å². The number of carbonyl (C=O) groups excluding carboxylic acids is 1. The van der Waals surface area contributed by atoms with Gasteiger partial charge in [-0.3, -0.25) is 0 Å². The van der Waals surface area contributed by atoms with Crippen molar-refractivity contribution < 1.29 is 14.6 Å². The van der Waals surface area contributed by atoms with Crippen molar-refractivity contribution >= 4 is 5.97 Å². The molecule has 0 amide bonds. The molecule has 19 heavy (non-hydrogen) atoms. The highest BCUT2D eigenvalue weighted by molar-refractivity contribution is 5.76. The van der Waals surface area contributed by atoms with Gasteiger partial charge in [0.2, 0.25) is 0 Å². The van der Waals surface area contributed by atoms with E-state index in [0.29, 0.717) is 11.5 Å². The molecule has 0 aliphatic carbocycles. The smallest absolute Gasteiger partial charge is 0.339 e. The summed E-state index contributed by atoms with van der Waals surface area (Å²) in [5.74, 6) is -0.0949. The lowest BCUT2D eigenvalue weighted by atomic mass is 9.95. The first-order valence-corrected chi connectivity index (χ1v) is 6.75. The summed E-state index contributed by atoms with van der Waals surface area (Å²) >= 11 is 0. The van der Waals surface area contributed by atoms with E-state index in [1.807, 2.05) is 12.1 Å². The van der Waals surface area contributed by atoms with Crippen LogP contribution in [0.25, 0.3) is 0 Å². The summed E-state index contributed by atoms with van der Waals surface area (Å²) in [6, 6.07) is 7.64. The Balaban J connectivity index is 2.12. The van der Waals surface area contributed by atoms with Crippen LogP contribution in [0.1, 0.15) is 36.5 Å². The molecule has 0 aromatic heterocycles. The van der Waals surface area contributed by atoms with Gasteiger partial charge < -0.3 is 14.7 Å². The first-order chi connectivity index (χ1) is 9.11. The molecule has 104 valence electrons. The van der Waals surface area contributed by atoms with Crippen molar-refractivity contribution in [2.24, 2.45) is 0 Å². The quantitative estimate of drug-likeness (QED) is 0.840. The van der Waals surface area contributed by atoms with Gasteiger partial charge in [0.1, 0.15) is 0 Å².